The first-order chi connectivity index (χ1) is 5.54. The van der Waals surface area contributed by atoms with Crippen molar-refractivity contribution in [3.63, 3.8) is 0 Å². The molecule has 66 valence electrons. The lowest BCUT2D eigenvalue weighted by atomic mass is 10.0. The first-order valence-electron chi connectivity index (χ1n) is 4.08. The molecule has 1 aromatic carbocycles. The van der Waals surface area contributed by atoms with Crippen molar-refractivity contribution in [3.8, 4) is 0 Å². The molecular formula is C10H14BrN. The van der Waals surface area contributed by atoms with E-state index in [1.807, 2.05) is 13.0 Å². The van der Waals surface area contributed by atoms with Gasteiger partial charge in [-0.1, -0.05) is 35.8 Å². The maximum absolute atomic E-state index is 5.76. The molecule has 0 heterocycles. The third-order valence-electron chi connectivity index (χ3n) is 2.08. The largest absolute Gasteiger partial charge is 0.398 e. The Morgan fingerprint density at radius 2 is 1.92 bits per heavy atom. The Bertz CT molecular complexity index is 292. The minimum atomic E-state index is 0.540. The summed E-state index contributed by atoms with van der Waals surface area (Å²) in [5.41, 5.74) is 9.07. The van der Waals surface area contributed by atoms with Crippen molar-refractivity contribution in [2.24, 2.45) is 0 Å². The van der Waals surface area contributed by atoms with Crippen LogP contribution in [0.4, 0.5) is 5.69 Å². The first kappa shape index (κ1) is 9.59. The minimum Gasteiger partial charge on any atom is -0.398 e. The Labute approximate surface area is 82.1 Å². The molecule has 0 saturated carbocycles. The Morgan fingerprint density at radius 3 is 2.42 bits per heavy atom. The van der Waals surface area contributed by atoms with E-state index in [2.05, 4.69) is 35.8 Å². The number of anilines is 1. The molecule has 0 aliphatic rings. The molecule has 0 aromatic heterocycles. The van der Waals surface area contributed by atoms with Crippen LogP contribution < -0.4 is 5.73 Å². The van der Waals surface area contributed by atoms with E-state index in [0.717, 1.165) is 15.7 Å². The second-order valence-electron chi connectivity index (χ2n) is 3.34. The third-order valence-corrected chi connectivity index (χ3v) is 3.13. The molecule has 1 nitrogen and oxygen atoms in total. The molecular weight excluding hydrogens is 214 g/mol. The zero-order chi connectivity index (χ0) is 9.30. The predicted molar refractivity (Wildman–Crippen MR) is 57.4 cm³/mol. The molecule has 0 bridgehead atoms. The smallest absolute Gasteiger partial charge is 0.0355 e. The summed E-state index contributed by atoms with van der Waals surface area (Å²) in [6.45, 7) is 6.39. The van der Waals surface area contributed by atoms with Gasteiger partial charge in [0.05, 0.1) is 0 Å². The van der Waals surface area contributed by atoms with Gasteiger partial charge in [-0.25, -0.2) is 0 Å². The fraction of sp³-hybridized carbons (Fsp3) is 0.400. The first-order valence-corrected chi connectivity index (χ1v) is 4.87. The van der Waals surface area contributed by atoms with Crippen molar-refractivity contribution in [1.29, 1.82) is 0 Å². The Balaban J connectivity index is 3.27. The van der Waals surface area contributed by atoms with Gasteiger partial charge in [0.25, 0.3) is 0 Å². The quantitative estimate of drug-likeness (QED) is 0.732. The summed E-state index contributed by atoms with van der Waals surface area (Å²) in [5.74, 6) is 0.540. The normalized spacial score (nSPS) is 10.8. The fourth-order valence-electron chi connectivity index (χ4n) is 1.17. The van der Waals surface area contributed by atoms with Crippen molar-refractivity contribution in [3.05, 3.63) is 27.7 Å². The number of nitrogens with two attached hydrogens (primary N) is 1. The highest BCUT2D eigenvalue weighted by atomic mass is 79.9. The van der Waals surface area contributed by atoms with E-state index >= 15 is 0 Å². The van der Waals surface area contributed by atoms with Gasteiger partial charge in [0.15, 0.2) is 0 Å². The molecule has 0 spiro atoms. The van der Waals surface area contributed by atoms with Crippen LogP contribution in [0.15, 0.2) is 16.6 Å². The summed E-state index contributed by atoms with van der Waals surface area (Å²) >= 11 is 3.55. The summed E-state index contributed by atoms with van der Waals surface area (Å²) in [5, 5.41) is 0. The number of hydrogen-bond donors (Lipinski definition) is 1. The number of halogens is 1. The summed E-state index contributed by atoms with van der Waals surface area (Å²) in [7, 11) is 0. The molecule has 0 atom stereocenters. The lowest BCUT2D eigenvalue weighted by Gasteiger charge is -2.11. The van der Waals surface area contributed by atoms with Crippen LogP contribution in [0, 0.1) is 6.92 Å². The van der Waals surface area contributed by atoms with Crippen LogP contribution in [-0.4, -0.2) is 0 Å². The van der Waals surface area contributed by atoms with E-state index in [4.69, 9.17) is 5.73 Å². The summed E-state index contributed by atoms with van der Waals surface area (Å²) in [6, 6.07) is 4.05. The van der Waals surface area contributed by atoms with E-state index < -0.39 is 0 Å². The van der Waals surface area contributed by atoms with Crippen LogP contribution in [0.2, 0.25) is 0 Å². The summed E-state index contributed by atoms with van der Waals surface area (Å²) in [4.78, 5) is 0. The van der Waals surface area contributed by atoms with Gasteiger partial charge < -0.3 is 5.73 Å². The van der Waals surface area contributed by atoms with Gasteiger partial charge in [0.2, 0.25) is 0 Å². The average Bonchev–Trinajstić information content (AvgIpc) is 2.00. The highest BCUT2D eigenvalue weighted by Crippen LogP contribution is 2.30. The van der Waals surface area contributed by atoms with Gasteiger partial charge in [0.1, 0.15) is 0 Å². The molecule has 1 rings (SSSR count). The van der Waals surface area contributed by atoms with Gasteiger partial charge in [-0.3, -0.25) is 0 Å². The zero-order valence-electron chi connectivity index (χ0n) is 7.69. The van der Waals surface area contributed by atoms with Crippen molar-refractivity contribution in [2.45, 2.75) is 26.7 Å². The SMILES string of the molecule is Cc1c(N)ccc(C(C)C)c1Br. The highest BCUT2D eigenvalue weighted by Gasteiger charge is 2.07. The van der Waals surface area contributed by atoms with E-state index in [-0.39, 0.29) is 0 Å². The molecule has 2 heteroatoms. The molecule has 12 heavy (non-hydrogen) atoms. The molecule has 0 aliphatic carbocycles. The monoisotopic (exact) mass is 227 g/mol. The van der Waals surface area contributed by atoms with Crippen molar-refractivity contribution < 1.29 is 0 Å². The van der Waals surface area contributed by atoms with Gasteiger partial charge in [-0.2, -0.15) is 0 Å². The molecule has 0 fully saturated rings. The molecule has 0 unspecified atom stereocenters. The van der Waals surface area contributed by atoms with Crippen LogP contribution >= 0.6 is 15.9 Å². The van der Waals surface area contributed by atoms with E-state index in [9.17, 15) is 0 Å². The topological polar surface area (TPSA) is 26.0 Å². The molecule has 0 saturated heterocycles. The second kappa shape index (κ2) is 3.48. The van der Waals surface area contributed by atoms with Crippen LogP contribution in [0.3, 0.4) is 0 Å². The molecule has 0 radical (unpaired) electrons. The molecule has 0 amide bonds. The maximum atomic E-state index is 5.76. The van der Waals surface area contributed by atoms with Crippen LogP contribution in [0.5, 0.6) is 0 Å². The second-order valence-corrected chi connectivity index (χ2v) is 4.13. The number of benzene rings is 1. The zero-order valence-corrected chi connectivity index (χ0v) is 9.27. The van der Waals surface area contributed by atoms with Gasteiger partial charge in [0, 0.05) is 10.2 Å². The van der Waals surface area contributed by atoms with Gasteiger partial charge >= 0.3 is 0 Å². The van der Waals surface area contributed by atoms with Crippen molar-refractivity contribution >= 4 is 21.6 Å². The Morgan fingerprint density at radius 1 is 1.33 bits per heavy atom. The highest BCUT2D eigenvalue weighted by molar-refractivity contribution is 9.10. The van der Waals surface area contributed by atoms with E-state index in [0.29, 0.717) is 5.92 Å². The fourth-order valence-corrected chi connectivity index (χ4v) is 1.99. The van der Waals surface area contributed by atoms with E-state index in [1.54, 1.807) is 0 Å². The molecule has 0 aliphatic heterocycles. The maximum Gasteiger partial charge on any atom is 0.0355 e. The Hall–Kier alpha value is -0.500. The number of rotatable bonds is 1. The Kier molecular flexibility index (Phi) is 2.78. The predicted octanol–water partition coefficient (Wildman–Crippen LogP) is 3.46. The van der Waals surface area contributed by atoms with Crippen molar-refractivity contribution in [2.75, 3.05) is 5.73 Å². The standard InChI is InChI=1S/C10H14BrN/c1-6(2)8-4-5-9(12)7(3)10(8)11/h4-6H,12H2,1-3H3. The van der Waals surface area contributed by atoms with Crippen LogP contribution in [0.1, 0.15) is 30.9 Å². The van der Waals surface area contributed by atoms with Crippen LogP contribution in [-0.2, 0) is 0 Å². The average molecular weight is 228 g/mol. The van der Waals surface area contributed by atoms with Crippen LogP contribution in [0.25, 0.3) is 0 Å². The number of hydrogen-bond acceptors (Lipinski definition) is 1. The molecule has 1 aromatic rings. The number of nitrogen functional groups attached to an aromatic ring is 1. The molecule has 2 N–H and O–H groups in total. The summed E-state index contributed by atoms with van der Waals surface area (Å²) < 4.78 is 1.15. The van der Waals surface area contributed by atoms with Crippen molar-refractivity contribution in [1.82, 2.24) is 0 Å². The lowest BCUT2D eigenvalue weighted by Crippen LogP contribution is -1.96. The lowest BCUT2D eigenvalue weighted by molar-refractivity contribution is 0.859. The minimum absolute atomic E-state index is 0.540. The van der Waals surface area contributed by atoms with Gasteiger partial charge in [-0.05, 0) is 30.0 Å². The third kappa shape index (κ3) is 1.63. The van der Waals surface area contributed by atoms with E-state index in [1.165, 1.54) is 5.56 Å². The summed E-state index contributed by atoms with van der Waals surface area (Å²) in [6.07, 6.45) is 0. The van der Waals surface area contributed by atoms with Gasteiger partial charge in [-0.15, -0.1) is 0 Å².